The zero-order valence-corrected chi connectivity index (χ0v) is 20.5. The summed E-state index contributed by atoms with van der Waals surface area (Å²) in [5.41, 5.74) is 3.11. The van der Waals surface area contributed by atoms with E-state index in [1.54, 1.807) is 18.2 Å². The van der Waals surface area contributed by atoms with Gasteiger partial charge in [0.25, 0.3) is 0 Å². The van der Waals surface area contributed by atoms with Crippen molar-refractivity contribution in [2.24, 2.45) is 0 Å². The lowest BCUT2D eigenvalue weighted by atomic mass is 9.96. The average molecular weight is 482 g/mol. The second kappa shape index (κ2) is 9.84. The van der Waals surface area contributed by atoms with Crippen LogP contribution in [0, 0.1) is 6.92 Å². The molecule has 0 fully saturated rings. The minimum absolute atomic E-state index is 0.192. The molecule has 0 aliphatic carbocycles. The highest BCUT2D eigenvalue weighted by atomic mass is 16.5. The summed E-state index contributed by atoms with van der Waals surface area (Å²) in [6, 6.07) is 21.8. The normalized spacial score (nSPS) is 11.4. The van der Waals surface area contributed by atoms with Crippen LogP contribution in [0.3, 0.4) is 0 Å². The zero-order chi connectivity index (χ0) is 25.2. The number of hydrogen-bond donors (Lipinski definition) is 0. The number of hydrogen-bond acceptors (Lipinski definition) is 6. The molecule has 0 bridgehead atoms. The average Bonchev–Trinajstić information content (AvgIpc) is 3.27. The summed E-state index contributed by atoms with van der Waals surface area (Å²) in [4.78, 5) is 28.2. The van der Waals surface area contributed by atoms with Gasteiger partial charge in [0, 0.05) is 29.1 Å². The van der Waals surface area contributed by atoms with Crippen LogP contribution in [-0.2, 0) is 0 Å². The maximum absolute atomic E-state index is 13.8. The zero-order valence-electron chi connectivity index (χ0n) is 20.5. The third-order valence-corrected chi connectivity index (χ3v) is 6.15. The van der Waals surface area contributed by atoms with Crippen LogP contribution in [0.4, 0.5) is 0 Å². The Morgan fingerprint density at radius 3 is 2.53 bits per heavy atom. The smallest absolute Gasteiger partial charge is 0.336 e. The van der Waals surface area contributed by atoms with E-state index in [1.807, 2.05) is 69.6 Å². The van der Waals surface area contributed by atoms with Crippen LogP contribution in [0.2, 0.25) is 0 Å². The molecule has 0 radical (unpaired) electrons. The summed E-state index contributed by atoms with van der Waals surface area (Å²) < 4.78 is 17.7. The first-order valence-electron chi connectivity index (χ1n) is 11.9. The van der Waals surface area contributed by atoms with Crippen LogP contribution < -0.4 is 10.4 Å². The van der Waals surface area contributed by atoms with Crippen molar-refractivity contribution in [2.45, 2.75) is 13.3 Å². The first-order valence-corrected chi connectivity index (χ1v) is 11.9. The van der Waals surface area contributed by atoms with Crippen LogP contribution in [0.1, 0.15) is 28.1 Å². The molecule has 36 heavy (non-hydrogen) atoms. The van der Waals surface area contributed by atoms with Gasteiger partial charge in [-0.05, 0) is 62.8 Å². The number of carbonyl (C=O) groups is 1. The molecule has 182 valence electrons. The van der Waals surface area contributed by atoms with Gasteiger partial charge in [0.15, 0.2) is 5.76 Å². The SMILES string of the molecule is Cc1cc(=O)oc2c1ccc1oc(C(=O)c3cccc(OCCCN(C)C)c3)c(-c3ccccc3)c12. The highest BCUT2D eigenvalue weighted by molar-refractivity contribution is 6.20. The second-order valence-electron chi connectivity index (χ2n) is 9.10. The molecule has 0 aliphatic rings. The van der Waals surface area contributed by atoms with Gasteiger partial charge in [-0.1, -0.05) is 42.5 Å². The van der Waals surface area contributed by atoms with Crippen LogP contribution in [0.25, 0.3) is 33.1 Å². The molecule has 5 aromatic rings. The van der Waals surface area contributed by atoms with Crippen molar-refractivity contribution in [3.05, 3.63) is 100 Å². The molecule has 0 amide bonds. The predicted molar refractivity (Wildman–Crippen MR) is 141 cm³/mol. The van der Waals surface area contributed by atoms with Gasteiger partial charge >= 0.3 is 5.63 Å². The van der Waals surface area contributed by atoms with Gasteiger partial charge in [0.2, 0.25) is 5.78 Å². The van der Waals surface area contributed by atoms with E-state index < -0.39 is 5.63 Å². The lowest BCUT2D eigenvalue weighted by Crippen LogP contribution is -2.15. The number of ketones is 1. The highest BCUT2D eigenvalue weighted by Crippen LogP contribution is 2.40. The minimum Gasteiger partial charge on any atom is -0.494 e. The standard InChI is InChI=1S/C30H27NO5/c1-19-17-25(32)36-29-23(19)13-14-24-27(29)26(20-9-5-4-6-10-20)30(35-24)28(33)21-11-7-12-22(18-21)34-16-8-15-31(2)3/h4-7,9-14,17-18H,8,15-16H2,1-3H3. The number of ether oxygens (including phenoxy) is 1. The number of nitrogens with zero attached hydrogens (tertiary/aromatic N) is 1. The molecule has 0 aliphatic heterocycles. The maximum atomic E-state index is 13.8. The molecule has 6 heteroatoms. The van der Waals surface area contributed by atoms with E-state index in [0.29, 0.717) is 40.0 Å². The summed E-state index contributed by atoms with van der Waals surface area (Å²) in [5.74, 6) is 0.550. The van der Waals surface area contributed by atoms with Gasteiger partial charge in [-0.3, -0.25) is 4.79 Å². The number of furan rings is 1. The van der Waals surface area contributed by atoms with Crippen LogP contribution in [0.5, 0.6) is 5.75 Å². The molecular weight excluding hydrogens is 454 g/mol. The van der Waals surface area contributed by atoms with Crippen LogP contribution in [0.15, 0.2) is 86.4 Å². The van der Waals surface area contributed by atoms with E-state index in [4.69, 9.17) is 13.6 Å². The van der Waals surface area contributed by atoms with Crippen LogP contribution >= 0.6 is 0 Å². The molecule has 0 saturated carbocycles. The number of fused-ring (bicyclic) bond motifs is 3. The van der Waals surface area contributed by atoms with Crippen molar-refractivity contribution < 1.29 is 18.4 Å². The van der Waals surface area contributed by atoms with E-state index in [-0.39, 0.29) is 11.5 Å². The summed E-state index contributed by atoms with van der Waals surface area (Å²) in [6.45, 7) is 3.34. The van der Waals surface area contributed by atoms with E-state index >= 15 is 0 Å². The Kier molecular flexibility index (Phi) is 6.44. The summed E-state index contributed by atoms with van der Waals surface area (Å²) in [6.07, 6.45) is 0.880. The monoisotopic (exact) mass is 481 g/mol. The Labute approximate surface area is 208 Å². The number of benzene rings is 3. The molecule has 3 aromatic carbocycles. The Bertz CT molecular complexity index is 1610. The Morgan fingerprint density at radius 2 is 1.75 bits per heavy atom. The molecule has 2 aromatic heterocycles. The lowest BCUT2D eigenvalue weighted by molar-refractivity contribution is 0.101. The molecule has 0 atom stereocenters. The molecule has 0 saturated heterocycles. The Balaban J connectivity index is 1.63. The van der Waals surface area contributed by atoms with Gasteiger partial charge < -0.3 is 18.5 Å². The molecule has 0 N–H and O–H groups in total. The van der Waals surface area contributed by atoms with Gasteiger partial charge in [0.05, 0.1) is 12.0 Å². The Morgan fingerprint density at radius 1 is 0.944 bits per heavy atom. The molecule has 2 heterocycles. The quantitative estimate of drug-likeness (QED) is 0.152. The fraction of sp³-hybridized carbons (Fsp3) is 0.200. The third kappa shape index (κ3) is 4.55. The van der Waals surface area contributed by atoms with Crippen molar-refractivity contribution in [1.82, 2.24) is 4.90 Å². The summed E-state index contributed by atoms with van der Waals surface area (Å²) in [5, 5.41) is 1.41. The van der Waals surface area contributed by atoms with Gasteiger partial charge in [-0.25, -0.2) is 4.79 Å². The van der Waals surface area contributed by atoms with Crippen molar-refractivity contribution in [3.8, 4) is 16.9 Å². The largest absolute Gasteiger partial charge is 0.494 e. The number of rotatable bonds is 8. The molecule has 0 unspecified atom stereocenters. The number of aryl methyl sites for hydroxylation is 1. The molecule has 6 nitrogen and oxygen atoms in total. The first-order chi connectivity index (χ1) is 17.4. The molecule has 5 rings (SSSR count). The van der Waals surface area contributed by atoms with Gasteiger partial charge in [-0.2, -0.15) is 0 Å². The van der Waals surface area contributed by atoms with Crippen molar-refractivity contribution in [2.75, 3.05) is 27.2 Å². The number of carbonyl (C=O) groups excluding carboxylic acids is 1. The summed E-state index contributed by atoms with van der Waals surface area (Å²) >= 11 is 0. The minimum atomic E-state index is -0.445. The summed E-state index contributed by atoms with van der Waals surface area (Å²) in [7, 11) is 4.04. The van der Waals surface area contributed by atoms with E-state index in [1.165, 1.54) is 6.07 Å². The Hall–Kier alpha value is -4.16. The third-order valence-electron chi connectivity index (χ3n) is 6.15. The predicted octanol–water partition coefficient (Wildman–Crippen LogP) is 6.08. The highest BCUT2D eigenvalue weighted by Gasteiger charge is 2.26. The van der Waals surface area contributed by atoms with Crippen LogP contribution in [-0.4, -0.2) is 37.9 Å². The molecular formula is C30H27NO5. The van der Waals surface area contributed by atoms with E-state index in [9.17, 15) is 9.59 Å². The van der Waals surface area contributed by atoms with Crippen molar-refractivity contribution in [1.29, 1.82) is 0 Å². The van der Waals surface area contributed by atoms with E-state index in [2.05, 4.69) is 4.90 Å². The van der Waals surface area contributed by atoms with Gasteiger partial charge in [0.1, 0.15) is 16.9 Å². The van der Waals surface area contributed by atoms with Crippen molar-refractivity contribution in [3.63, 3.8) is 0 Å². The van der Waals surface area contributed by atoms with Gasteiger partial charge in [-0.15, -0.1) is 0 Å². The maximum Gasteiger partial charge on any atom is 0.336 e. The molecule has 0 spiro atoms. The topological polar surface area (TPSA) is 72.9 Å². The fourth-order valence-electron chi connectivity index (χ4n) is 4.43. The fourth-order valence-corrected chi connectivity index (χ4v) is 4.43. The van der Waals surface area contributed by atoms with Crippen molar-refractivity contribution >= 4 is 27.7 Å². The lowest BCUT2D eigenvalue weighted by Gasteiger charge is -2.11. The first kappa shape index (κ1) is 23.6. The second-order valence-corrected chi connectivity index (χ2v) is 9.10. The van der Waals surface area contributed by atoms with E-state index in [0.717, 1.165) is 29.5 Å².